The van der Waals surface area contributed by atoms with Gasteiger partial charge in [-0.1, -0.05) is 25.6 Å². The number of aryl methyl sites for hydroxylation is 1. The number of benzene rings is 1. The minimum atomic E-state index is 0.0532. The summed E-state index contributed by atoms with van der Waals surface area (Å²) in [5.41, 5.74) is 1.85. The molecule has 0 saturated heterocycles. The normalized spacial score (nSPS) is 14.5. The van der Waals surface area contributed by atoms with Crippen molar-refractivity contribution in [3.8, 4) is 11.4 Å². The number of hydrogen-bond acceptors (Lipinski definition) is 5. The molecule has 0 fully saturated rings. The predicted molar refractivity (Wildman–Crippen MR) is 101 cm³/mol. The molecule has 4 nitrogen and oxygen atoms in total. The van der Waals surface area contributed by atoms with E-state index < -0.39 is 0 Å². The van der Waals surface area contributed by atoms with Gasteiger partial charge in [0.15, 0.2) is 5.16 Å². The largest absolute Gasteiger partial charge is 0.494 e. The van der Waals surface area contributed by atoms with Crippen LogP contribution in [0.4, 0.5) is 0 Å². The van der Waals surface area contributed by atoms with Gasteiger partial charge < -0.3 is 4.74 Å². The Labute approximate surface area is 151 Å². The Morgan fingerprint density at radius 3 is 2.75 bits per heavy atom. The van der Waals surface area contributed by atoms with Crippen molar-refractivity contribution in [1.82, 2.24) is 9.55 Å². The molecule has 1 aromatic heterocycles. The van der Waals surface area contributed by atoms with Crippen LogP contribution in [0.2, 0.25) is 0 Å². The Morgan fingerprint density at radius 2 is 2.08 bits per heavy atom. The van der Waals surface area contributed by atoms with Gasteiger partial charge in [-0.2, -0.15) is 0 Å². The molecule has 3 rings (SSSR count). The molecule has 0 radical (unpaired) electrons. The highest BCUT2D eigenvalue weighted by Gasteiger charge is 2.23. The quantitative estimate of drug-likeness (QED) is 0.570. The SMILES string of the molecule is CCOc1ccc(-n2c(SC(C)CC)nc3c(c2=O)SCC3)cc1. The first kappa shape index (κ1) is 17.4. The fourth-order valence-electron chi connectivity index (χ4n) is 2.52. The number of aromatic nitrogens is 2. The molecule has 6 heteroatoms. The van der Waals surface area contributed by atoms with Gasteiger partial charge in [-0.15, -0.1) is 11.8 Å². The third-order valence-corrected chi connectivity index (χ3v) is 6.28. The van der Waals surface area contributed by atoms with Crippen molar-refractivity contribution in [2.45, 2.75) is 48.9 Å². The van der Waals surface area contributed by atoms with E-state index in [1.54, 1.807) is 28.1 Å². The maximum absolute atomic E-state index is 13.0. The molecule has 0 saturated carbocycles. The molecule has 0 bridgehead atoms. The van der Waals surface area contributed by atoms with Gasteiger partial charge in [0.2, 0.25) is 0 Å². The molecule has 0 spiro atoms. The first-order valence-corrected chi connectivity index (χ1v) is 10.2. The molecular formula is C18H22N2O2S2. The second kappa shape index (κ2) is 7.66. The summed E-state index contributed by atoms with van der Waals surface area (Å²) in [6.45, 7) is 6.91. The minimum Gasteiger partial charge on any atom is -0.494 e. The average molecular weight is 363 g/mol. The number of hydrogen-bond donors (Lipinski definition) is 0. The van der Waals surface area contributed by atoms with Crippen LogP contribution in [0.25, 0.3) is 5.69 Å². The zero-order chi connectivity index (χ0) is 17.1. The van der Waals surface area contributed by atoms with Gasteiger partial charge in [0.1, 0.15) is 5.75 Å². The number of rotatable bonds is 6. The second-order valence-corrected chi connectivity index (χ2v) is 8.18. The lowest BCUT2D eigenvalue weighted by atomic mass is 10.3. The van der Waals surface area contributed by atoms with Gasteiger partial charge in [0.05, 0.1) is 22.9 Å². The van der Waals surface area contributed by atoms with Crippen LogP contribution in [0.1, 0.15) is 32.9 Å². The van der Waals surface area contributed by atoms with Crippen molar-refractivity contribution in [1.29, 1.82) is 0 Å². The van der Waals surface area contributed by atoms with Crippen LogP contribution in [-0.2, 0) is 6.42 Å². The second-order valence-electron chi connectivity index (χ2n) is 5.67. The molecule has 2 heterocycles. The summed E-state index contributed by atoms with van der Waals surface area (Å²) >= 11 is 3.29. The van der Waals surface area contributed by atoms with Crippen molar-refractivity contribution >= 4 is 23.5 Å². The summed E-state index contributed by atoms with van der Waals surface area (Å²) in [6.07, 6.45) is 1.92. The minimum absolute atomic E-state index is 0.0532. The lowest BCUT2D eigenvalue weighted by Gasteiger charge is -2.16. The first-order valence-electron chi connectivity index (χ1n) is 8.32. The predicted octanol–water partition coefficient (Wildman–Crippen LogP) is 4.17. The molecule has 0 N–H and O–H groups in total. The van der Waals surface area contributed by atoms with Gasteiger partial charge in [0, 0.05) is 17.4 Å². The van der Waals surface area contributed by atoms with Crippen LogP contribution in [-0.4, -0.2) is 27.2 Å². The van der Waals surface area contributed by atoms with E-state index in [-0.39, 0.29) is 5.56 Å². The van der Waals surface area contributed by atoms with E-state index in [1.807, 2.05) is 31.2 Å². The maximum Gasteiger partial charge on any atom is 0.272 e. The average Bonchev–Trinajstić information content (AvgIpc) is 3.05. The highest BCUT2D eigenvalue weighted by atomic mass is 32.2. The molecule has 0 aliphatic carbocycles. The van der Waals surface area contributed by atoms with Gasteiger partial charge in [-0.05, 0) is 37.6 Å². The van der Waals surface area contributed by atoms with Crippen LogP contribution in [0, 0.1) is 0 Å². The van der Waals surface area contributed by atoms with Gasteiger partial charge in [0.25, 0.3) is 5.56 Å². The third-order valence-electron chi connectivity index (χ3n) is 3.95. The van der Waals surface area contributed by atoms with Crippen molar-refractivity contribution < 1.29 is 4.74 Å². The van der Waals surface area contributed by atoms with Crippen LogP contribution in [0.5, 0.6) is 5.75 Å². The molecular weight excluding hydrogens is 340 g/mol. The highest BCUT2D eigenvalue weighted by Crippen LogP contribution is 2.32. The zero-order valence-corrected chi connectivity index (χ0v) is 15.9. The number of fused-ring (bicyclic) bond motifs is 1. The van der Waals surface area contributed by atoms with E-state index in [0.29, 0.717) is 11.9 Å². The molecule has 1 aliphatic rings. The summed E-state index contributed by atoms with van der Waals surface area (Å²) in [5, 5.41) is 1.21. The number of nitrogens with zero attached hydrogens (tertiary/aromatic N) is 2. The molecule has 1 aliphatic heterocycles. The van der Waals surface area contributed by atoms with E-state index in [4.69, 9.17) is 9.72 Å². The summed E-state index contributed by atoms with van der Waals surface area (Å²) in [6, 6.07) is 7.67. The Hall–Kier alpha value is -1.40. The summed E-state index contributed by atoms with van der Waals surface area (Å²) < 4.78 is 7.25. The van der Waals surface area contributed by atoms with Crippen LogP contribution in [0.15, 0.2) is 39.1 Å². The molecule has 24 heavy (non-hydrogen) atoms. The lowest BCUT2D eigenvalue weighted by Crippen LogP contribution is -2.24. The third kappa shape index (κ3) is 3.49. The van der Waals surface area contributed by atoms with E-state index in [1.165, 1.54) is 0 Å². The Bertz CT molecular complexity index is 772. The monoisotopic (exact) mass is 362 g/mol. The highest BCUT2D eigenvalue weighted by molar-refractivity contribution is 8.00. The van der Waals surface area contributed by atoms with E-state index in [2.05, 4.69) is 13.8 Å². The molecule has 0 amide bonds. The van der Waals surface area contributed by atoms with E-state index in [0.717, 1.165) is 45.8 Å². The molecule has 128 valence electrons. The fourth-order valence-corrected chi connectivity index (χ4v) is 4.53. The summed E-state index contributed by atoms with van der Waals surface area (Å²) in [7, 11) is 0. The zero-order valence-electron chi connectivity index (χ0n) is 14.2. The Kier molecular flexibility index (Phi) is 5.56. The molecule has 1 unspecified atom stereocenters. The lowest BCUT2D eigenvalue weighted by molar-refractivity contribution is 0.340. The van der Waals surface area contributed by atoms with Crippen LogP contribution < -0.4 is 10.3 Å². The summed E-state index contributed by atoms with van der Waals surface area (Å²) in [4.78, 5) is 18.6. The Morgan fingerprint density at radius 1 is 1.33 bits per heavy atom. The molecule has 1 atom stereocenters. The smallest absolute Gasteiger partial charge is 0.272 e. The van der Waals surface area contributed by atoms with Gasteiger partial charge in [-0.25, -0.2) is 4.98 Å². The van der Waals surface area contributed by atoms with Crippen molar-refractivity contribution in [2.75, 3.05) is 12.4 Å². The standard InChI is InChI=1S/C18H22N2O2S2/c1-4-12(3)24-18-19-15-10-11-23-16(15)17(21)20(18)13-6-8-14(9-7-13)22-5-2/h6-9,12H,4-5,10-11H2,1-3H3. The fraction of sp³-hybridized carbons (Fsp3) is 0.444. The number of thioether (sulfide) groups is 2. The number of ether oxygens (including phenoxy) is 1. The van der Waals surface area contributed by atoms with E-state index in [9.17, 15) is 4.79 Å². The van der Waals surface area contributed by atoms with Crippen LogP contribution >= 0.6 is 23.5 Å². The summed E-state index contributed by atoms with van der Waals surface area (Å²) in [5.74, 6) is 1.76. The first-order chi connectivity index (χ1) is 11.6. The Balaban J connectivity index is 2.08. The van der Waals surface area contributed by atoms with Crippen molar-refractivity contribution in [3.63, 3.8) is 0 Å². The maximum atomic E-state index is 13.0. The molecule has 2 aromatic rings. The van der Waals surface area contributed by atoms with Crippen LogP contribution in [0.3, 0.4) is 0 Å². The van der Waals surface area contributed by atoms with E-state index >= 15 is 0 Å². The van der Waals surface area contributed by atoms with Gasteiger partial charge >= 0.3 is 0 Å². The van der Waals surface area contributed by atoms with Crippen molar-refractivity contribution in [3.05, 3.63) is 40.3 Å². The topological polar surface area (TPSA) is 44.1 Å². The van der Waals surface area contributed by atoms with Crippen molar-refractivity contribution in [2.24, 2.45) is 0 Å². The molecule has 1 aromatic carbocycles. The van der Waals surface area contributed by atoms with Gasteiger partial charge in [-0.3, -0.25) is 9.36 Å².